The van der Waals surface area contributed by atoms with E-state index in [2.05, 4.69) is 6.92 Å². The Morgan fingerprint density at radius 3 is 0.796 bits per heavy atom. The lowest BCUT2D eigenvalue weighted by molar-refractivity contribution is -0.145. The number of hydrogen-bond acceptors (Lipinski definition) is 13. The Morgan fingerprint density at radius 1 is 0.315 bits per heavy atom. The molecule has 0 aromatic heterocycles. The minimum absolute atomic E-state index is 0.111. The number of esters is 1. The van der Waals surface area contributed by atoms with Crippen LogP contribution in [-0.2, 0) is 61.6 Å². The van der Waals surface area contributed by atoms with E-state index in [0.717, 1.165) is 12.8 Å². The molecule has 0 bridgehead atoms. The molecule has 0 saturated carbocycles. The third-order valence-electron chi connectivity index (χ3n) is 7.92. The van der Waals surface area contributed by atoms with Crippen molar-refractivity contribution in [1.29, 1.82) is 0 Å². The van der Waals surface area contributed by atoms with Gasteiger partial charge in [0.15, 0.2) is 0 Å². The summed E-state index contributed by atoms with van der Waals surface area (Å²) in [5, 5.41) is 0. The van der Waals surface area contributed by atoms with Crippen molar-refractivity contribution in [3.63, 3.8) is 0 Å². The van der Waals surface area contributed by atoms with Gasteiger partial charge in [-0.15, -0.1) is 0 Å². The number of alkyl halides is 1. The van der Waals surface area contributed by atoms with E-state index in [9.17, 15) is 9.18 Å². The molecule has 0 atom stereocenters. The fraction of sp³-hybridized carbons (Fsp3) is 0.975. The standard InChI is InChI=1S/C40H79FO13/c1-2-3-4-5-6-7-8-9-10-11-12-13-14-15-40(42)54-39-38-53-37-36-52-35-34-51-33-32-50-31-30-49-29-28-48-27-26-47-25-24-46-23-22-45-21-20-44-19-18-43-17-16-41/h2-39H2,1H3. The second-order valence-electron chi connectivity index (χ2n) is 12.6. The molecule has 0 radical (unpaired) electrons. The SMILES string of the molecule is CCCCCCCCCCCCCCCC(=O)OCCOCCOCCOCCOCCOCCOCCOCCOCCOCCOCCOCCF. The van der Waals surface area contributed by atoms with Gasteiger partial charge < -0.3 is 56.8 Å². The number of hydrogen-bond donors (Lipinski definition) is 0. The first-order chi connectivity index (χ1) is 26.8. The summed E-state index contributed by atoms with van der Waals surface area (Å²) in [4.78, 5) is 11.9. The fourth-order valence-corrected chi connectivity index (χ4v) is 4.93. The summed E-state index contributed by atoms with van der Waals surface area (Å²) in [6, 6.07) is 0. The highest BCUT2D eigenvalue weighted by molar-refractivity contribution is 5.69. The largest absolute Gasteiger partial charge is 0.463 e. The molecule has 13 nitrogen and oxygen atoms in total. The van der Waals surface area contributed by atoms with Crippen molar-refractivity contribution >= 4 is 5.97 Å². The van der Waals surface area contributed by atoms with Gasteiger partial charge in [0.2, 0.25) is 0 Å². The number of ether oxygens (including phenoxy) is 12. The third-order valence-corrected chi connectivity index (χ3v) is 7.92. The van der Waals surface area contributed by atoms with Gasteiger partial charge in [-0.3, -0.25) is 4.79 Å². The van der Waals surface area contributed by atoms with Crippen molar-refractivity contribution in [3.8, 4) is 0 Å². The van der Waals surface area contributed by atoms with Gasteiger partial charge in [0, 0.05) is 6.42 Å². The average Bonchev–Trinajstić information content (AvgIpc) is 3.18. The summed E-state index contributed by atoms with van der Waals surface area (Å²) >= 11 is 0. The van der Waals surface area contributed by atoms with Crippen LogP contribution in [-0.4, -0.2) is 165 Å². The molecule has 0 aliphatic carbocycles. The minimum atomic E-state index is -0.477. The monoisotopic (exact) mass is 787 g/mol. The first kappa shape index (κ1) is 53.0. The zero-order valence-corrected chi connectivity index (χ0v) is 34.1. The smallest absolute Gasteiger partial charge is 0.305 e. The summed E-state index contributed by atoms with van der Waals surface area (Å²) in [5.74, 6) is -0.135. The lowest BCUT2D eigenvalue weighted by Gasteiger charge is -2.09. The third kappa shape index (κ3) is 49.0. The Kier molecular flexibility index (Phi) is 49.0. The van der Waals surface area contributed by atoms with E-state index in [1.165, 1.54) is 70.6 Å². The van der Waals surface area contributed by atoms with Gasteiger partial charge >= 0.3 is 5.97 Å². The van der Waals surface area contributed by atoms with Crippen molar-refractivity contribution in [2.75, 3.05) is 159 Å². The van der Waals surface area contributed by atoms with Crippen LogP contribution < -0.4 is 0 Å². The van der Waals surface area contributed by atoms with E-state index in [-0.39, 0.29) is 19.2 Å². The van der Waals surface area contributed by atoms with Crippen LogP contribution in [0.1, 0.15) is 96.8 Å². The molecule has 0 unspecified atom stereocenters. The average molecular weight is 787 g/mol. The Hall–Kier alpha value is -1.04. The number of carbonyl (C=O) groups is 1. The molecule has 0 aromatic carbocycles. The van der Waals surface area contributed by atoms with Crippen LogP contribution in [0.25, 0.3) is 0 Å². The maximum atomic E-state index is 11.9. The number of halogens is 1. The molecular formula is C40H79FO13. The van der Waals surface area contributed by atoms with Gasteiger partial charge in [0.25, 0.3) is 0 Å². The Labute approximate surface area is 327 Å². The van der Waals surface area contributed by atoms with E-state index < -0.39 is 6.67 Å². The number of unbranched alkanes of at least 4 members (excludes halogenated alkanes) is 12. The van der Waals surface area contributed by atoms with Crippen molar-refractivity contribution in [2.24, 2.45) is 0 Å². The van der Waals surface area contributed by atoms with Crippen LogP contribution in [0.2, 0.25) is 0 Å². The molecule has 14 heteroatoms. The zero-order chi connectivity index (χ0) is 38.9. The molecule has 0 aliphatic rings. The summed E-state index contributed by atoms with van der Waals surface area (Å²) < 4.78 is 76.5. The van der Waals surface area contributed by atoms with E-state index in [0.29, 0.717) is 145 Å². The molecule has 0 rings (SSSR count). The molecular weight excluding hydrogens is 707 g/mol. The predicted molar refractivity (Wildman–Crippen MR) is 206 cm³/mol. The predicted octanol–water partition coefficient (Wildman–Crippen LogP) is 6.16. The molecule has 0 spiro atoms. The Balaban J connectivity index is 3.12. The number of carbonyl (C=O) groups excluding carboxylic acids is 1. The van der Waals surface area contributed by atoms with E-state index in [1.807, 2.05) is 0 Å². The van der Waals surface area contributed by atoms with Crippen LogP contribution >= 0.6 is 0 Å². The van der Waals surface area contributed by atoms with Crippen LogP contribution in [0.3, 0.4) is 0 Å². The first-order valence-corrected chi connectivity index (χ1v) is 20.9. The quantitative estimate of drug-likeness (QED) is 0.0517. The van der Waals surface area contributed by atoms with Crippen LogP contribution in [0, 0.1) is 0 Å². The minimum Gasteiger partial charge on any atom is -0.463 e. The topological polar surface area (TPSA) is 128 Å². The zero-order valence-electron chi connectivity index (χ0n) is 34.1. The van der Waals surface area contributed by atoms with Crippen molar-refractivity contribution < 1.29 is 66.0 Å². The molecule has 0 fully saturated rings. The molecule has 0 heterocycles. The second-order valence-corrected chi connectivity index (χ2v) is 12.6. The maximum Gasteiger partial charge on any atom is 0.305 e. The highest BCUT2D eigenvalue weighted by atomic mass is 19.1. The van der Waals surface area contributed by atoms with Crippen LogP contribution in [0.5, 0.6) is 0 Å². The van der Waals surface area contributed by atoms with Gasteiger partial charge in [0.05, 0.1) is 145 Å². The molecule has 0 aromatic rings. The summed E-state index contributed by atoms with van der Waals surface area (Å²) in [7, 11) is 0. The van der Waals surface area contributed by atoms with Crippen molar-refractivity contribution in [3.05, 3.63) is 0 Å². The molecule has 0 N–H and O–H groups in total. The van der Waals surface area contributed by atoms with Crippen molar-refractivity contribution in [2.45, 2.75) is 96.8 Å². The first-order valence-electron chi connectivity index (χ1n) is 20.9. The van der Waals surface area contributed by atoms with E-state index in [4.69, 9.17) is 56.8 Å². The molecule has 0 amide bonds. The summed E-state index contributed by atoms with van der Waals surface area (Å²) in [5.41, 5.74) is 0. The van der Waals surface area contributed by atoms with Gasteiger partial charge in [-0.05, 0) is 6.42 Å². The number of rotatable bonds is 49. The van der Waals surface area contributed by atoms with E-state index in [1.54, 1.807) is 0 Å². The Bertz CT molecular complexity index is 696. The molecule has 324 valence electrons. The van der Waals surface area contributed by atoms with Crippen molar-refractivity contribution in [1.82, 2.24) is 0 Å². The summed E-state index contributed by atoms with van der Waals surface area (Å²) in [6.45, 7) is 12.1. The lowest BCUT2D eigenvalue weighted by atomic mass is 10.0. The normalized spacial score (nSPS) is 11.5. The van der Waals surface area contributed by atoms with Crippen LogP contribution in [0.15, 0.2) is 0 Å². The second kappa shape index (κ2) is 50.0. The van der Waals surface area contributed by atoms with E-state index >= 15 is 0 Å². The van der Waals surface area contributed by atoms with Gasteiger partial charge in [0.1, 0.15) is 13.3 Å². The van der Waals surface area contributed by atoms with Gasteiger partial charge in [-0.1, -0.05) is 84.0 Å². The Morgan fingerprint density at radius 2 is 0.537 bits per heavy atom. The lowest BCUT2D eigenvalue weighted by Crippen LogP contribution is -2.15. The molecule has 0 aliphatic heterocycles. The van der Waals surface area contributed by atoms with Gasteiger partial charge in [-0.25, -0.2) is 4.39 Å². The highest BCUT2D eigenvalue weighted by Crippen LogP contribution is 2.13. The summed E-state index contributed by atoms with van der Waals surface area (Å²) in [6.07, 6.45) is 17.3. The fourth-order valence-electron chi connectivity index (χ4n) is 4.93. The van der Waals surface area contributed by atoms with Gasteiger partial charge in [-0.2, -0.15) is 0 Å². The maximum absolute atomic E-state index is 11.9. The molecule has 0 saturated heterocycles. The highest BCUT2D eigenvalue weighted by Gasteiger charge is 2.03. The molecule has 54 heavy (non-hydrogen) atoms. The van der Waals surface area contributed by atoms with Crippen LogP contribution in [0.4, 0.5) is 4.39 Å².